The van der Waals surface area contributed by atoms with Gasteiger partial charge in [-0.3, -0.25) is 0 Å². The van der Waals surface area contributed by atoms with E-state index in [2.05, 4.69) is 35.8 Å². The summed E-state index contributed by atoms with van der Waals surface area (Å²) in [6.45, 7) is 7.94. The van der Waals surface area contributed by atoms with Crippen LogP contribution in [0.2, 0.25) is 0 Å². The van der Waals surface area contributed by atoms with Crippen LogP contribution < -0.4 is 10.6 Å². The van der Waals surface area contributed by atoms with Gasteiger partial charge in [0, 0.05) is 13.1 Å². The minimum absolute atomic E-state index is 0.417. The van der Waals surface area contributed by atoms with Crippen molar-refractivity contribution in [1.29, 1.82) is 0 Å². The standard InChI is InChI=1S/C13H19N5/c1-4-17(5-2)13-15-12(14)18(16-13)11-8-6-10(3)7-9-11/h6-9H,4-5H2,1-3H3,(H2,14,15,16). The van der Waals surface area contributed by atoms with Gasteiger partial charge in [-0.25, -0.2) is 0 Å². The van der Waals surface area contributed by atoms with Crippen LogP contribution in [0, 0.1) is 6.92 Å². The van der Waals surface area contributed by atoms with Crippen molar-refractivity contribution in [1.82, 2.24) is 14.8 Å². The molecule has 0 fully saturated rings. The summed E-state index contributed by atoms with van der Waals surface area (Å²) < 4.78 is 1.67. The van der Waals surface area contributed by atoms with Gasteiger partial charge in [0.15, 0.2) is 0 Å². The molecule has 0 unspecified atom stereocenters. The quantitative estimate of drug-likeness (QED) is 0.895. The summed E-state index contributed by atoms with van der Waals surface area (Å²) in [5.41, 5.74) is 8.07. The van der Waals surface area contributed by atoms with Crippen LogP contribution in [0.3, 0.4) is 0 Å². The molecular weight excluding hydrogens is 226 g/mol. The molecule has 96 valence electrons. The van der Waals surface area contributed by atoms with E-state index in [-0.39, 0.29) is 0 Å². The molecule has 5 heteroatoms. The van der Waals surface area contributed by atoms with Crippen molar-refractivity contribution >= 4 is 11.9 Å². The third kappa shape index (κ3) is 2.30. The highest BCUT2D eigenvalue weighted by atomic mass is 15.4. The lowest BCUT2D eigenvalue weighted by Crippen LogP contribution is -2.23. The fourth-order valence-corrected chi connectivity index (χ4v) is 1.83. The molecular formula is C13H19N5. The number of nitrogen functional groups attached to an aromatic ring is 1. The summed E-state index contributed by atoms with van der Waals surface area (Å²) in [6, 6.07) is 8.06. The van der Waals surface area contributed by atoms with E-state index < -0.39 is 0 Å². The van der Waals surface area contributed by atoms with E-state index in [9.17, 15) is 0 Å². The van der Waals surface area contributed by atoms with Crippen LogP contribution in [0.4, 0.5) is 11.9 Å². The highest BCUT2D eigenvalue weighted by molar-refractivity contribution is 5.43. The third-order valence-electron chi connectivity index (χ3n) is 2.95. The normalized spacial score (nSPS) is 10.6. The van der Waals surface area contributed by atoms with Gasteiger partial charge < -0.3 is 10.6 Å². The van der Waals surface area contributed by atoms with Gasteiger partial charge in [0.05, 0.1) is 5.69 Å². The number of anilines is 2. The van der Waals surface area contributed by atoms with E-state index >= 15 is 0 Å². The molecule has 0 bridgehead atoms. The van der Waals surface area contributed by atoms with Crippen LogP contribution in [0.25, 0.3) is 5.69 Å². The van der Waals surface area contributed by atoms with Gasteiger partial charge in [-0.2, -0.15) is 9.67 Å². The van der Waals surface area contributed by atoms with Gasteiger partial charge in [-0.15, -0.1) is 5.10 Å². The van der Waals surface area contributed by atoms with E-state index in [0.717, 1.165) is 18.8 Å². The number of aromatic nitrogens is 3. The lowest BCUT2D eigenvalue weighted by atomic mass is 10.2. The van der Waals surface area contributed by atoms with Gasteiger partial charge in [0.25, 0.3) is 0 Å². The molecule has 1 aromatic heterocycles. The Balaban J connectivity index is 2.37. The average Bonchev–Trinajstić information content (AvgIpc) is 2.74. The summed E-state index contributed by atoms with van der Waals surface area (Å²) in [6.07, 6.45) is 0. The van der Waals surface area contributed by atoms with Gasteiger partial charge in [-0.1, -0.05) is 17.7 Å². The molecule has 0 aliphatic carbocycles. The number of nitrogens with two attached hydrogens (primary N) is 1. The van der Waals surface area contributed by atoms with Crippen molar-refractivity contribution in [3.8, 4) is 5.69 Å². The molecule has 18 heavy (non-hydrogen) atoms. The van der Waals surface area contributed by atoms with Crippen molar-refractivity contribution < 1.29 is 0 Å². The van der Waals surface area contributed by atoms with Crippen LogP contribution >= 0.6 is 0 Å². The predicted octanol–water partition coefficient (Wildman–Crippen LogP) is 2.00. The zero-order chi connectivity index (χ0) is 13.1. The van der Waals surface area contributed by atoms with Crippen molar-refractivity contribution in [2.24, 2.45) is 0 Å². The number of benzene rings is 1. The van der Waals surface area contributed by atoms with Crippen LogP contribution in [0.15, 0.2) is 24.3 Å². The molecule has 0 aliphatic rings. The van der Waals surface area contributed by atoms with E-state index in [4.69, 9.17) is 5.73 Å². The number of aryl methyl sites for hydroxylation is 1. The fourth-order valence-electron chi connectivity index (χ4n) is 1.83. The SMILES string of the molecule is CCN(CC)c1nc(N)n(-c2ccc(C)cc2)n1. The molecule has 2 aromatic rings. The Morgan fingerprint density at radius 1 is 1.17 bits per heavy atom. The summed E-state index contributed by atoms with van der Waals surface area (Å²) in [5, 5.41) is 4.46. The summed E-state index contributed by atoms with van der Waals surface area (Å²) in [4.78, 5) is 6.38. The van der Waals surface area contributed by atoms with E-state index in [0.29, 0.717) is 11.9 Å². The second kappa shape index (κ2) is 5.08. The smallest absolute Gasteiger partial charge is 0.246 e. The first kappa shape index (κ1) is 12.4. The summed E-state index contributed by atoms with van der Waals surface area (Å²) >= 11 is 0. The van der Waals surface area contributed by atoms with Gasteiger partial charge >= 0.3 is 0 Å². The molecule has 1 aromatic carbocycles. The Morgan fingerprint density at radius 3 is 2.33 bits per heavy atom. The number of hydrogen-bond donors (Lipinski definition) is 1. The van der Waals surface area contributed by atoms with Crippen LogP contribution in [0.1, 0.15) is 19.4 Å². The monoisotopic (exact) mass is 245 g/mol. The molecule has 0 atom stereocenters. The minimum atomic E-state index is 0.417. The maximum absolute atomic E-state index is 5.92. The van der Waals surface area contributed by atoms with Gasteiger partial charge in [-0.05, 0) is 32.9 Å². The van der Waals surface area contributed by atoms with Crippen LogP contribution in [-0.2, 0) is 0 Å². The number of rotatable bonds is 4. The second-order valence-electron chi connectivity index (χ2n) is 4.19. The molecule has 0 aliphatic heterocycles. The minimum Gasteiger partial charge on any atom is -0.368 e. The van der Waals surface area contributed by atoms with Crippen molar-refractivity contribution in [2.45, 2.75) is 20.8 Å². The largest absolute Gasteiger partial charge is 0.368 e. The Hall–Kier alpha value is -2.04. The Morgan fingerprint density at radius 2 is 1.78 bits per heavy atom. The fraction of sp³-hybridized carbons (Fsp3) is 0.385. The van der Waals surface area contributed by atoms with Crippen molar-refractivity contribution in [3.05, 3.63) is 29.8 Å². The molecule has 0 spiro atoms. The van der Waals surface area contributed by atoms with E-state index in [1.807, 2.05) is 24.3 Å². The zero-order valence-electron chi connectivity index (χ0n) is 11.1. The summed E-state index contributed by atoms with van der Waals surface area (Å²) in [7, 11) is 0. The van der Waals surface area contributed by atoms with Gasteiger partial charge in [0.2, 0.25) is 11.9 Å². The maximum atomic E-state index is 5.92. The van der Waals surface area contributed by atoms with Crippen molar-refractivity contribution in [2.75, 3.05) is 23.7 Å². The molecule has 2 N–H and O–H groups in total. The molecule has 0 radical (unpaired) electrons. The van der Waals surface area contributed by atoms with Crippen LogP contribution in [0.5, 0.6) is 0 Å². The highest BCUT2D eigenvalue weighted by Crippen LogP contribution is 2.16. The molecule has 5 nitrogen and oxygen atoms in total. The van der Waals surface area contributed by atoms with Crippen LogP contribution in [-0.4, -0.2) is 27.9 Å². The third-order valence-corrected chi connectivity index (χ3v) is 2.95. The van der Waals surface area contributed by atoms with Gasteiger partial charge in [0.1, 0.15) is 0 Å². The topological polar surface area (TPSA) is 60.0 Å². The Kier molecular flexibility index (Phi) is 3.50. The first-order valence-corrected chi connectivity index (χ1v) is 6.20. The molecule has 1 heterocycles. The summed E-state index contributed by atoms with van der Waals surface area (Å²) in [5.74, 6) is 1.10. The first-order valence-electron chi connectivity index (χ1n) is 6.20. The second-order valence-corrected chi connectivity index (χ2v) is 4.19. The lowest BCUT2D eigenvalue weighted by molar-refractivity contribution is 0.802. The Bertz CT molecular complexity index is 511. The maximum Gasteiger partial charge on any atom is 0.246 e. The number of hydrogen-bond acceptors (Lipinski definition) is 4. The predicted molar refractivity (Wildman–Crippen MR) is 74.1 cm³/mol. The lowest BCUT2D eigenvalue weighted by Gasteiger charge is -2.15. The molecule has 2 rings (SSSR count). The highest BCUT2D eigenvalue weighted by Gasteiger charge is 2.12. The first-order chi connectivity index (χ1) is 8.65. The Labute approximate surface area is 107 Å². The number of nitrogens with zero attached hydrogens (tertiary/aromatic N) is 4. The van der Waals surface area contributed by atoms with E-state index in [1.165, 1.54) is 5.56 Å². The van der Waals surface area contributed by atoms with Crippen molar-refractivity contribution in [3.63, 3.8) is 0 Å². The molecule has 0 saturated carbocycles. The zero-order valence-corrected chi connectivity index (χ0v) is 11.1. The molecule has 0 saturated heterocycles. The van der Waals surface area contributed by atoms with E-state index in [1.54, 1.807) is 4.68 Å². The average molecular weight is 245 g/mol. The molecule has 0 amide bonds.